The molecule has 182 valence electrons. The van der Waals surface area contributed by atoms with Crippen LogP contribution < -0.4 is 4.74 Å². The highest BCUT2D eigenvalue weighted by Gasteiger charge is 2.28. The molecule has 0 amide bonds. The molecule has 10 nitrogen and oxygen atoms in total. The van der Waals surface area contributed by atoms with Crippen LogP contribution in [0.25, 0.3) is 28.5 Å². The van der Waals surface area contributed by atoms with E-state index in [1.165, 1.54) is 0 Å². The Morgan fingerprint density at radius 1 is 1.23 bits per heavy atom. The molecule has 1 unspecified atom stereocenters. The maximum Gasteiger partial charge on any atom is 0.253 e. The van der Waals surface area contributed by atoms with Crippen LogP contribution in [0.4, 0.5) is 0 Å². The molecule has 0 radical (unpaired) electrons. The van der Waals surface area contributed by atoms with E-state index < -0.39 is 0 Å². The van der Waals surface area contributed by atoms with Gasteiger partial charge in [-0.25, -0.2) is 4.98 Å². The molecular formula is C25H28N6O4. The number of nitrogens with zero attached hydrogens (tertiary/aromatic N) is 6. The van der Waals surface area contributed by atoms with Crippen LogP contribution in [0.1, 0.15) is 43.8 Å². The summed E-state index contributed by atoms with van der Waals surface area (Å²) in [6.45, 7) is 5.76. The van der Waals surface area contributed by atoms with Gasteiger partial charge in [0.05, 0.1) is 42.9 Å². The number of ether oxygens (including phenoxy) is 3. The molecule has 4 aromatic rings. The van der Waals surface area contributed by atoms with Crippen molar-refractivity contribution < 1.29 is 18.7 Å². The number of aromatic nitrogens is 6. The third-order valence-electron chi connectivity index (χ3n) is 6.41. The van der Waals surface area contributed by atoms with Crippen LogP contribution in [0.2, 0.25) is 0 Å². The fourth-order valence-corrected chi connectivity index (χ4v) is 4.72. The van der Waals surface area contributed by atoms with Crippen molar-refractivity contribution in [1.29, 1.82) is 0 Å². The second-order valence-corrected chi connectivity index (χ2v) is 9.20. The molecule has 1 atom stereocenters. The lowest BCUT2D eigenvalue weighted by molar-refractivity contribution is 0.0485. The number of rotatable bonds is 7. The quantitative estimate of drug-likeness (QED) is 0.350. The largest absolute Gasteiger partial charge is 0.497 e. The van der Waals surface area contributed by atoms with Gasteiger partial charge in [0.25, 0.3) is 5.89 Å². The van der Waals surface area contributed by atoms with Crippen molar-refractivity contribution in [3.05, 3.63) is 47.9 Å². The van der Waals surface area contributed by atoms with Gasteiger partial charge >= 0.3 is 0 Å². The molecule has 0 spiro atoms. The molecule has 2 aliphatic heterocycles. The molecule has 10 heteroatoms. The number of methoxy groups -OCH3 is 1. The van der Waals surface area contributed by atoms with Gasteiger partial charge in [-0.3, -0.25) is 4.68 Å². The summed E-state index contributed by atoms with van der Waals surface area (Å²) in [4.78, 5) is 9.22. The summed E-state index contributed by atoms with van der Waals surface area (Å²) in [5, 5.41) is 9.17. The van der Waals surface area contributed by atoms with Gasteiger partial charge in [0.2, 0.25) is 5.82 Å². The third kappa shape index (κ3) is 4.12. The molecule has 3 aromatic heterocycles. The van der Waals surface area contributed by atoms with Gasteiger partial charge in [-0.15, -0.1) is 0 Å². The Morgan fingerprint density at radius 3 is 2.94 bits per heavy atom. The van der Waals surface area contributed by atoms with Crippen molar-refractivity contribution in [3.8, 4) is 34.2 Å². The first-order valence-corrected chi connectivity index (χ1v) is 12.0. The highest BCUT2D eigenvalue weighted by molar-refractivity contribution is 5.77. The van der Waals surface area contributed by atoms with E-state index in [0.717, 1.165) is 59.9 Å². The monoisotopic (exact) mass is 476 g/mol. The van der Waals surface area contributed by atoms with Crippen LogP contribution in [0.3, 0.4) is 0 Å². The fraction of sp³-hybridized carbons (Fsp3) is 0.440. The summed E-state index contributed by atoms with van der Waals surface area (Å²) < 4.78 is 26.5. The molecule has 6 rings (SSSR count). The van der Waals surface area contributed by atoms with Gasteiger partial charge in [-0.2, -0.15) is 10.1 Å². The minimum absolute atomic E-state index is 0.0762. The SMILES string of the molecule is COc1ccc2c(c1)-c1nn(CC3CCCO3)cc1Cc1c(-c3noc(COC(C)C)n3)ncn1-2. The molecule has 0 saturated carbocycles. The maximum atomic E-state index is 5.85. The van der Waals surface area contributed by atoms with Crippen molar-refractivity contribution in [2.24, 2.45) is 0 Å². The summed E-state index contributed by atoms with van der Waals surface area (Å²) in [5.41, 5.74) is 5.67. The first-order chi connectivity index (χ1) is 17.1. The standard InChI is InChI=1S/C25H28N6O4/c1-15(2)34-13-22-27-25(29-35-22)24-21-9-16-11-30(12-18-5-4-8-33-18)28-23(16)19-10-17(32-3)6-7-20(19)31(21)14-26-24/h6-7,10-11,14-15,18H,4-5,8-9,12-13H2,1-3H3. The van der Waals surface area contributed by atoms with Crippen LogP contribution in [0, 0.1) is 0 Å². The number of hydrogen-bond acceptors (Lipinski definition) is 8. The zero-order valence-corrected chi connectivity index (χ0v) is 20.1. The van der Waals surface area contributed by atoms with Crippen molar-refractivity contribution in [2.75, 3.05) is 13.7 Å². The van der Waals surface area contributed by atoms with Crippen LogP contribution in [-0.4, -0.2) is 55.4 Å². The molecule has 35 heavy (non-hydrogen) atoms. The number of fused-ring (bicyclic) bond motifs is 5. The molecule has 0 aliphatic carbocycles. The lowest BCUT2D eigenvalue weighted by Crippen LogP contribution is -2.15. The molecule has 5 heterocycles. The Morgan fingerprint density at radius 2 is 2.14 bits per heavy atom. The minimum Gasteiger partial charge on any atom is -0.497 e. The van der Waals surface area contributed by atoms with Crippen molar-refractivity contribution in [2.45, 2.75) is 58.5 Å². The Hall–Kier alpha value is -3.50. The predicted molar refractivity (Wildman–Crippen MR) is 126 cm³/mol. The van der Waals surface area contributed by atoms with Gasteiger partial charge in [0.1, 0.15) is 24.4 Å². The number of benzene rings is 1. The molecule has 1 saturated heterocycles. The second-order valence-electron chi connectivity index (χ2n) is 9.20. The Bertz CT molecular complexity index is 1350. The summed E-state index contributed by atoms with van der Waals surface area (Å²) >= 11 is 0. The van der Waals surface area contributed by atoms with Crippen LogP contribution in [-0.2, 0) is 29.0 Å². The molecule has 0 N–H and O–H groups in total. The first-order valence-electron chi connectivity index (χ1n) is 12.0. The number of imidazole rings is 1. The van der Waals surface area contributed by atoms with E-state index in [1.54, 1.807) is 7.11 Å². The van der Waals surface area contributed by atoms with E-state index in [-0.39, 0.29) is 18.8 Å². The molecule has 1 aromatic carbocycles. The fourth-order valence-electron chi connectivity index (χ4n) is 4.72. The summed E-state index contributed by atoms with van der Waals surface area (Å²) in [6, 6.07) is 6.02. The topological polar surface area (TPSA) is 102 Å². The van der Waals surface area contributed by atoms with E-state index in [4.69, 9.17) is 23.8 Å². The normalized spacial score (nSPS) is 16.7. The van der Waals surface area contributed by atoms with Crippen molar-refractivity contribution in [3.63, 3.8) is 0 Å². The number of hydrogen-bond donors (Lipinski definition) is 0. The predicted octanol–water partition coefficient (Wildman–Crippen LogP) is 3.80. The Labute approximate surface area is 202 Å². The van der Waals surface area contributed by atoms with E-state index in [1.807, 2.05) is 43.1 Å². The zero-order valence-electron chi connectivity index (χ0n) is 20.1. The molecule has 0 bridgehead atoms. The zero-order chi connectivity index (χ0) is 23.9. The third-order valence-corrected chi connectivity index (χ3v) is 6.41. The first kappa shape index (κ1) is 22.0. The molecular weight excluding hydrogens is 448 g/mol. The Kier molecular flexibility index (Phi) is 5.62. The highest BCUT2D eigenvalue weighted by Crippen LogP contribution is 2.39. The lowest BCUT2D eigenvalue weighted by Gasteiger charge is -2.12. The summed E-state index contributed by atoms with van der Waals surface area (Å²) in [6.07, 6.45) is 6.99. The van der Waals surface area contributed by atoms with Gasteiger partial charge < -0.3 is 23.3 Å². The molecule has 1 fully saturated rings. The van der Waals surface area contributed by atoms with Crippen LogP contribution >= 0.6 is 0 Å². The summed E-state index contributed by atoms with van der Waals surface area (Å²) in [5.74, 6) is 1.66. The average Bonchev–Trinajstić information content (AvgIpc) is 3.65. The maximum absolute atomic E-state index is 5.85. The van der Waals surface area contributed by atoms with Crippen LogP contribution in [0.15, 0.2) is 35.2 Å². The van der Waals surface area contributed by atoms with E-state index in [0.29, 0.717) is 23.8 Å². The van der Waals surface area contributed by atoms with E-state index >= 15 is 0 Å². The van der Waals surface area contributed by atoms with Gasteiger partial charge in [0, 0.05) is 30.4 Å². The van der Waals surface area contributed by atoms with Gasteiger partial charge in [0.15, 0.2) is 0 Å². The van der Waals surface area contributed by atoms with Gasteiger partial charge in [-0.1, -0.05) is 5.16 Å². The highest BCUT2D eigenvalue weighted by atomic mass is 16.5. The van der Waals surface area contributed by atoms with E-state index in [9.17, 15) is 0 Å². The second kappa shape index (κ2) is 8.94. The van der Waals surface area contributed by atoms with Crippen molar-refractivity contribution in [1.82, 2.24) is 29.5 Å². The van der Waals surface area contributed by atoms with E-state index in [2.05, 4.69) is 25.9 Å². The van der Waals surface area contributed by atoms with Crippen LogP contribution in [0.5, 0.6) is 5.75 Å². The smallest absolute Gasteiger partial charge is 0.253 e. The minimum atomic E-state index is 0.0762. The van der Waals surface area contributed by atoms with Gasteiger partial charge in [-0.05, 0) is 44.9 Å². The summed E-state index contributed by atoms with van der Waals surface area (Å²) in [7, 11) is 1.67. The van der Waals surface area contributed by atoms with Crippen molar-refractivity contribution >= 4 is 0 Å². The Balaban J connectivity index is 1.42. The molecule has 2 aliphatic rings. The average molecular weight is 477 g/mol. The lowest BCUT2D eigenvalue weighted by atomic mass is 10.0.